The van der Waals surface area contributed by atoms with Gasteiger partial charge in [0.25, 0.3) is 0 Å². The SMILES string of the molecule is Cc1cc2c(ccc3c(C(=O)OC(C)(C)C)c(C)n(C(=O)OC(C)(C)C)c32)cn1. The van der Waals surface area contributed by atoms with Crippen molar-refractivity contribution in [3.05, 3.63) is 41.3 Å². The Kier molecular flexibility index (Phi) is 4.93. The minimum absolute atomic E-state index is 0.372. The lowest BCUT2D eigenvalue weighted by molar-refractivity contribution is 0.00710. The summed E-state index contributed by atoms with van der Waals surface area (Å²) in [4.78, 5) is 30.5. The molecule has 2 heterocycles. The van der Waals surface area contributed by atoms with Crippen LogP contribution in [0.3, 0.4) is 0 Å². The number of pyridine rings is 1. The maximum atomic E-state index is 13.1. The fourth-order valence-electron chi connectivity index (χ4n) is 3.35. The number of ether oxygens (including phenoxy) is 2. The predicted octanol–water partition coefficient (Wildman–Crippen LogP) is 5.54. The number of carbonyl (C=O) groups excluding carboxylic acids is 2. The number of fused-ring (bicyclic) bond motifs is 3. The van der Waals surface area contributed by atoms with Crippen LogP contribution >= 0.6 is 0 Å². The molecule has 29 heavy (non-hydrogen) atoms. The van der Waals surface area contributed by atoms with Gasteiger partial charge in [0.05, 0.1) is 11.1 Å². The minimum Gasteiger partial charge on any atom is -0.456 e. The Hall–Kier alpha value is -2.89. The van der Waals surface area contributed by atoms with E-state index in [1.165, 1.54) is 4.57 Å². The highest BCUT2D eigenvalue weighted by Crippen LogP contribution is 2.34. The molecule has 6 heteroatoms. The maximum absolute atomic E-state index is 13.1. The first-order valence-electron chi connectivity index (χ1n) is 9.65. The lowest BCUT2D eigenvalue weighted by Crippen LogP contribution is -2.28. The topological polar surface area (TPSA) is 70.4 Å². The predicted molar refractivity (Wildman–Crippen MR) is 114 cm³/mol. The number of rotatable bonds is 1. The average molecular weight is 396 g/mol. The highest BCUT2D eigenvalue weighted by atomic mass is 16.6. The van der Waals surface area contributed by atoms with Crippen molar-refractivity contribution < 1.29 is 19.1 Å². The fraction of sp³-hybridized carbons (Fsp3) is 0.435. The molecule has 154 valence electrons. The second-order valence-corrected chi connectivity index (χ2v) is 9.29. The molecule has 0 N–H and O–H groups in total. The van der Waals surface area contributed by atoms with Crippen LogP contribution in [0.1, 0.15) is 63.3 Å². The smallest absolute Gasteiger partial charge is 0.419 e. The molecule has 0 atom stereocenters. The molecule has 0 radical (unpaired) electrons. The summed E-state index contributed by atoms with van der Waals surface area (Å²) >= 11 is 0. The van der Waals surface area contributed by atoms with Gasteiger partial charge >= 0.3 is 12.1 Å². The fourth-order valence-corrected chi connectivity index (χ4v) is 3.35. The molecule has 3 rings (SSSR count). The third kappa shape index (κ3) is 4.11. The molecule has 0 spiro atoms. The van der Waals surface area contributed by atoms with Gasteiger partial charge in [-0.1, -0.05) is 12.1 Å². The van der Waals surface area contributed by atoms with Crippen LogP contribution in [0.5, 0.6) is 0 Å². The van der Waals surface area contributed by atoms with Crippen molar-refractivity contribution in [2.45, 2.75) is 66.6 Å². The van der Waals surface area contributed by atoms with Gasteiger partial charge in [-0.3, -0.25) is 4.98 Å². The van der Waals surface area contributed by atoms with Crippen LogP contribution in [0, 0.1) is 13.8 Å². The third-order valence-corrected chi connectivity index (χ3v) is 4.38. The van der Waals surface area contributed by atoms with Crippen LogP contribution in [-0.2, 0) is 9.47 Å². The summed E-state index contributed by atoms with van der Waals surface area (Å²) in [5.74, 6) is -0.465. The van der Waals surface area contributed by atoms with Crippen LogP contribution in [0.15, 0.2) is 24.4 Å². The van der Waals surface area contributed by atoms with Gasteiger partial charge in [-0.25, -0.2) is 14.2 Å². The molecule has 0 saturated carbocycles. The van der Waals surface area contributed by atoms with Crippen molar-refractivity contribution in [1.82, 2.24) is 9.55 Å². The van der Waals surface area contributed by atoms with Crippen LogP contribution in [-0.4, -0.2) is 32.8 Å². The zero-order valence-corrected chi connectivity index (χ0v) is 18.3. The van der Waals surface area contributed by atoms with Crippen molar-refractivity contribution in [3.63, 3.8) is 0 Å². The molecule has 0 bridgehead atoms. The lowest BCUT2D eigenvalue weighted by atomic mass is 10.1. The van der Waals surface area contributed by atoms with Gasteiger partial charge in [-0.15, -0.1) is 0 Å². The molecule has 3 aromatic rings. The highest BCUT2D eigenvalue weighted by molar-refractivity contribution is 6.16. The lowest BCUT2D eigenvalue weighted by Gasteiger charge is -2.21. The third-order valence-electron chi connectivity index (χ3n) is 4.38. The van der Waals surface area contributed by atoms with Crippen LogP contribution in [0.4, 0.5) is 4.79 Å². The number of hydrogen-bond acceptors (Lipinski definition) is 5. The largest absolute Gasteiger partial charge is 0.456 e. The number of aromatic nitrogens is 2. The Morgan fingerprint density at radius 1 is 0.931 bits per heavy atom. The van der Waals surface area contributed by atoms with Gasteiger partial charge in [0, 0.05) is 33.7 Å². The molecule has 2 aromatic heterocycles. The van der Waals surface area contributed by atoms with Crippen molar-refractivity contribution in [1.29, 1.82) is 0 Å². The van der Waals surface area contributed by atoms with E-state index in [-0.39, 0.29) is 0 Å². The quantitative estimate of drug-likeness (QED) is 0.505. The molecule has 0 amide bonds. The summed E-state index contributed by atoms with van der Waals surface area (Å²) in [6, 6.07) is 5.65. The molecule has 0 aliphatic heterocycles. The monoisotopic (exact) mass is 396 g/mol. The summed E-state index contributed by atoms with van der Waals surface area (Å²) < 4.78 is 12.7. The normalized spacial score (nSPS) is 12.4. The zero-order chi connectivity index (χ0) is 21.7. The summed E-state index contributed by atoms with van der Waals surface area (Å²) in [5.41, 5.74) is 0.983. The van der Waals surface area contributed by atoms with E-state index >= 15 is 0 Å². The molecule has 0 aliphatic carbocycles. The Labute approximate surface area is 170 Å². The second-order valence-electron chi connectivity index (χ2n) is 9.29. The Morgan fingerprint density at radius 3 is 2.14 bits per heavy atom. The zero-order valence-electron chi connectivity index (χ0n) is 18.3. The first-order valence-corrected chi connectivity index (χ1v) is 9.65. The number of esters is 1. The molecule has 0 saturated heterocycles. The number of hydrogen-bond donors (Lipinski definition) is 0. The molecule has 0 aliphatic rings. The van der Waals surface area contributed by atoms with E-state index < -0.39 is 23.3 Å². The first kappa shape index (κ1) is 20.8. The molecule has 1 aromatic carbocycles. The number of benzene rings is 1. The van der Waals surface area contributed by atoms with Gasteiger partial charge in [0.1, 0.15) is 11.2 Å². The maximum Gasteiger partial charge on any atom is 0.419 e. The highest BCUT2D eigenvalue weighted by Gasteiger charge is 2.30. The Morgan fingerprint density at radius 2 is 1.55 bits per heavy atom. The molecule has 0 fully saturated rings. The Balaban J connectivity index is 2.37. The number of carbonyl (C=O) groups is 2. The minimum atomic E-state index is -0.672. The molecular weight excluding hydrogens is 368 g/mol. The number of aryl methyl sites for hydroxylation is 1. The molecule has 0 unspecified atom stereocenters. The van der Waals surface area contributed by atoms with Crippen LogP contribution < -0.4 is 0 Å². The standard InChI is InChI=1S/C23H28N2O4/c1-13-11-17-15(12-24-13)9-10-16-18(20(26)28-22(3,4)5)14(2)25(19(16)17)21(27)29-23(6,7)8/h9-12H,1-8H3. The summed E-state index contributed by atoms with van der Waals surface area (Å²) in [7, 11) is 0. The average Bonchev–Trinajstić information content (AvgIpc) is 2.84. The van der Waals surface area contributed by atoms with Crippen LogP contribution in [0.2, 0.25) is 0 Å². The van der Waals surface area contributed by atoms with Gasteiger partial charge in [0.2, 0.25) is 0 Å². The van der Waals surface area contributed by atoms with E-state index in [2.05, 4.69) is 4.98 Å². The summed E-state index contributed by atoms with van der Waals surface area (Å²) in [6.45, 7) is 14.5. The summed E-state index contributed by atoms with van der Waals surface area (Å²) in [5, 5.41) is 2.36. The van der Waals surface area contributed by atoms with E-state index in [0.717, 1.165) is 16.5 Å². The Bertz CT molecular complexity index is 1130. The van der Waals surface area contributed by atoms with Crippen molar-refractivity contribution >= 4 is 33.7 Å². The molecule has 6 nitrogen and oxygen atoms in total. The van der Waals surface area contributed by atoms with Gasteiger partial charge < -0.3 is 9.47 Å². The van der Waals surface area contributed by atoms with E-state index in [0.29, 0.717) is 22.2 Å². The van der Waals surface area contributed by atoms with Gasteiger partial charge in [-0.05, 0) is 61.5 Å². The molecular formula is C23H28N2O4. The van der Waals surface area contributed by atoms with E-state index in [4.69, 9.17) is 9.47 Å². The summed E-state index contributed by atoms with van der Waals surface area (Å²) in [6.07, 6.45) is 1.23. The van der Waals surface area contributed by atoms with Gasteiger partial charge in [-0.2, -0.15) is 0 Å². The van der Waals surface area contributed by atoms with E-state index in [1.54, 1.807) is 13.1 Å². The van der Waals surface area contributed by atoms with Crippen LogP contribution in [0.25, 0.3) is 21.7 Å². The van der Waals surface area contributed by atoms with E-state index in [9.17, 15) is 9.59 Å². The van der Waals surface area contributed by atoms with Crippen molar-refractivity contribution in [2.75, 3.05) is 0 Å². The van der Waals surface area contributed by atoms with Crippen molar-refractivity contribution in [2.24, 2.45) is 0 Å². The number of nitrogens with zero attached hydrogens (tertiary/aromatic N) is 2. The van der Waals surface area contributed by atoms with Crippen molar-refractivity contribution in [3.8, 4) is 0 Å². The van der Waals surface area contributed by atoms with E-state index in [1.807, 2.05) is 66.7 Å². The van der Waals surface area contributed by atoms with Gasteiger partial charge in [0.15, 0.2) is 0 Å². The second kappa shape index (κ2) is 6.87. The first-order chi connectivity index (χ1) is 13.3.